The van der Waals surface area contributed by atoms with Crippen molar-refractivity contribution in [3.63, 3.8) is 0 Å². The van der Waals surface area contributed by atoms with Crippen molar-refractivity contribution >= 4 is 54.1 Å². The third-order valence-electron chi connectivity index (χ3n) is 0. The topological polar surface area (TPSA) is 85.9 Å². The van der Waals surface area contributed by atoms with E-state index in [9.17, 15) is 0 Å². The number of halogens is 2. The lowest BCUT2D eigenvalue weighted by atomic mass is 11.8. The van der Waals surface area contributed by atoms with Crippen molar-refractivity contribution in [2.24, 2.45) is 0 Å². The smallest absolute Gasteiger partial charge is 0.373 e. The molecule has 0 aromatic carbocycles. The zero-order valence-corrected chi connectivity index (χ0v) is 8.74. The summed E-state index contributed by atoms with van der Waals surface area (Å²) in [7, 11) is 1.00. The monoisotopic (exact) mass is 422 g/mol. The van der Waals surface area contributed by atoms with Crippen LogP contribution >= 0.6 is 48.0 Å². The molecule has 94 valence electrons. The van der Waals surface area contributed by atoms with Crippen LogP contribution in [0.1, 0.15) is 35.4 Å². The maximum absolute atomic E-state index is 8.12. The Hall–Kier alpha value is 0.760. The molecular weight excluding hydrogens is 390 g/mol. The molecule has 0 aromatic rings. The molecule has 0 heterocycles. The summed E-state index contributed by atoms with van der Waals surface area (Å²) in [5, 5.41) is 7.00. The Kier molecular flexibility index (Phi) is 4570. The molecule has 12 heavy (non-hydrogen) atoms. The molecule has 0 radical (unpaired) electrons. The minimum absolute atomic E-state index is 0. The van der Waals surface area contributed by atoms with Crippen LogP contribution in [0, 0.1) is 0 Å². The van der Waals surface area contributed by atoms with Crippen LogP contribution in [0.2, 0.25) is 0 Å². The van der Waals surface area contributed by atoms with Crippen LogP contribution in [0.25, 0.3) is 0 Å². The fraction of sp³-hybridized carbons (Fsp3) is 0.833. The van der Waals surface area contributed by atoms with Gasteiger partial charge in [0.1, 0.15) is 0 Å². The van der Waals surface area contributed by atoms with E-state index in [4.69, 9.17) is 14.7 Å². The molecule has 0 unspecified atom stereocenters. The minimum Gasteiger partial charge on any atom is -0.412 e. The molecule has 4 nitrogen and oxygen atoms in total. The molecule has 0 aliphatic heterocycles. The summed E-state index contributed by atoms with van der Waals surface area (Å²) >= 11 is 0. The van der Waals surface area contributed by atoms with Crippen LogP contribution in [0.3, 0.4) is 0 Å². The van der Waals surface area contributed by atoms with Crippen molar-refractivity contribution in [1.29, 1.82) is 0 Å². The third kappa shape index (κ3) is 1770. The van der Waals surface area contributed by atoms with Crippen molar-refractivity contribution < 1.29 is 25.9 Å². The van der Waals surface area contributed by atoms with Gasteiger partial charge in [0.15, 0.2) is 0 Å². The van der Waals surface area contributed by atoms with Crippen LogP contribution in [0.5, 0.6) is 0 Å². The van der Waals surface area contributed by atoms with Crippen LogP contribution in [0.15, 0.2) is 0 Å². The van der Waals surface area contributed by atoms with E-state index in [0.29, 0.717) is 0 Å². The number of aliphatic hydroxyl groups excluding tert-OH is 1. The summed E-state index contributed by atoms with van der Waals surface area (Å²) in [5.74, 6) is 0. The standard InChI is InChI=1S/CO2.CH4O.4CH4.2HI.H2O.4H2/c2-1-3;1-2;;;;;;;;;;;/h;2H,1H3;4*1H4;2*1H;1H2;4*1H. The lowest BCUT2D eigenvalue weighted by Gasteiger charge is -1.21. The molecule has 0 fully saturated rings. The Labute approximate surface area is 116 Å². The van der Waals surface area contributed by atoms with Gasteiger partial charge in [-0.1, -0.05) is 29.7 Å². The number of aliphatic hydroxyl groups is 1. The van der Waals surface area contributed by atoms with Crippen LogP contribution < -0.4 is 0 Å². The molecule has 0 spiro atoms. The highest BCUT2D eigenvalue weighted by Gasteiger charge is 1.13. The van der Waals surface area contributed by atoms with E-state index in [0.717, 1.165) is 7.11 Å². The van der Waals surface area contributed by atoms with Gasteiger partial charge in [0.25, 0.3) is 0 Å². The second-order valence-corrected chi connectivity index (χ2v) is 0.0833. The molecule has 0 aliphatic rings. The van der Waals surface area contributed by atoms with Gasteiger partial charge in [-0.3, -0.25) is 0 Å². The molecule has 0 atom stereocenters. The Morgan fingerprint density at radius 1 is 0.917 bits per heavy atom. The average molecular weight is 422 g/mol. The number of hydrogen-bond donors (Lipinski definition) is 1. The van der Waals surface area contributed by atoms with Crippen molar-refractivity contribution in [3.05, 3.63) is 0 Å². The summed E-state index contributed by atoms with van der Waals surface area (Å²) in [4.78, 5) is 16.2. The maximum atomic E-state index is 8.12. The summed E-state index contributed by atoms with van der Waals surface area (Å²) < 4.78 is 0. The first-order valence-corrected chi connectivity index (χ1v) is 0.855. The highest BCUT2D eigenvalue weighted by Crippen LogP contribution is 0.887. The zero-order valence-electron chi connectivity index (χ0n) is 4.08. The molecule has 0 saturated carbocycles. The van der Waals surface area contributed by atoms with E-state index in [1.165, 1.54) is 0 Å². The number of hydrogen-bond acceptors (Lipinski definition) is 3. The van der Waals surface area contributed by atoms with Gasteiger partial charge in [-0.2, -0.15) is 9.59 Å². The molecule has 0 saturated heterocycles. The quantitative estimate of drug-likeness (QED) is 0.610. The summed E-state index contributed by atoms with van der Waals surface area (Å²) in [6.45, 7) is 0. The average Bonchev–Trinajstić information content (AvgIpc) is 1.46. The third-order valence-corrected chi connectivity index (χ3v) is 0. The first-order chi connectivity index (χ1) is 2.41. The molecule has 0 amide bonds. The van der Waals surface area contributed by atoms with Crippen LogP contribution in [0.4, 0.5) is 0 Å². The van der Waals surface area contributed by atoms with Gasteiger partial charge in [-0.25, -0.2) is 0 Å². The Morgan fingerprint density at radius 2 is 0.917 bits per heavy atom. The fourth-order valence-electron chi connectivity index (χ4n) is 0. The number of carbonyl (C=O) groups excluding carboxylic acids is 2. The maximum Gasteiger partial charge on any atom is 0.373 e. The van der Waals surface area contributed by atoms with Crippen molar-refractivity contribution in [3.8, 4) is 0 Å². The van der Waals surface area contributed by atoms with Gasteiger partial charge in [0.05, 0.1) is 0 Å². The predicted molar refractivity (Wildman–Crippen MR) is 83.0 cm³/mol. The van der Waals surface area contributed by atoms with Gasteiger partial charge in [0, 0.05) is 12.8 Å². The number of rotatable bonds is 0. The van der Waals surface area contributed by atoms with E-state index in [1.807, 2.05) is 0 Å². The summed E-state index contributed by atoms with van der Waals surface area (Å²) in [6, 6.07) is 0. The fourth-order valence-corrected chi connectivity index (χ4v) is 0. The van der Waals surface area contributed by atoms with Crippen molar-refractivity contribution in [2.45, 2.75) is 29.7 Å². The lowest BCUT2D eigenvalue weighted by Crippen LogP contribution is -1.25. The van der Waals surface area contributed by atoms with Gasteiger partial charge in [-0.15, -0.1) is 48.0 Å². The molecule has 6 heteroatoms. The first kappa shape index (κ1) is 125. The lowest BCUT2D eigenvalue weighted by molar-refractivity contribution is -0.191. The normalized spacial score (nSPS) is 1.17. The van der Waals surface area contributed by atoms with Gasteiger partial charge in [0.2, 0.25) is 0 Å². The van der Waals surface area contributed by atoms with Gasteiger partial charge < -0.3 is 10.6 Å². The first-order valence-electron chi connectivity index (χ1n) is 0.855. The minimum atomic E-state index is 0. The zero-order chi connectivity index (χ0) is 4.71. The molecular formula is C6H32I2O4. The SMILES string of the molecule is C.C.C.C.CO.I.I.O.O=C=O.[HH].[HH].[HH].[HH]. The van der Waals surface area contributed by atoms with Gasteiger partial charge >= 0.3 is 6.15 Å². The van der Waals surface area contributed by atoms with E-state index in [1.54, 1.807) is 0 Å². The molecule has 0 rings (SSSR count). The molecule has 0 bridgehead atoms. The second kappa shape index (κ2) is 440. The Balaban J connectivity index is -0.000000000614. The second-order valence-electron chi connectivity index (χ2n) is 0.0833. The largest absolute Gasteiger partial charge is 0.412 e. The van der Waals surface area contributed by atoms with Crippen molar-refractivity contribution in [2.75, 3.05) is 7.11 Å². The molecule has 0 aliphatic carbocycles. The highest BCUT2D eigenvalue weighted by molar-refractivity contribution is 14.0. The van der Waals surface area contributed by atoms with Crippen LogP contribution in [-0.4, -0.2) is 23.8 Å². The van der Waals surface area contributed by atoms with E-state index < -0.39 is 0 Å². The van der Waals surface area contributed by atoms with E-state index >= 15 is 0 Å². The predicted octanol–water partition coefficient (Wildman–Crippen LogP) is 2.96. The molecule has 3 N–H and O–H groups in total. The summed E-state index contributed by atoms with van der Waals surface area (Å²) in [6.07, 6.45) is 0.250. The van der Waals surface area contributed by atoms with Crippen molar-refractivity contribution in [1.82, 2.24) is 0 Å². The Bertz CT molecular complexity index is 51.5. The highest BCUT2D eigenvalue weighted by atomic mass is 127. The molecule has 0 aromatic heterocycles. The van der Waals surface area contributed by atoms with E-state index in [-0.39, 0.29) is 95.0 Å². The van der Waals surface area contributed by atoms with Gasteiger partial charge in [-0.05, 0) is 0 Å². The van der Waals surface area contributed by atoms with Crippen LogP contribution in [-0.2, 0) is 9.59 Å². The summed E-state index contributed by atoms with van der Waals surface area (Å²) in [5.41, 5.74) is 0. The Morgan fingerprint density at radius 3 is 0.917 bits per heavy atom. The van der Waals surface area contributed by atoms with E-state index in [2.05, 4.69) is 0 Å².